The van der Waals surface area contributed by atoms with Crippen molar-refractivity contribution in [1.29, 1.82) is 0 Å². The van der Waals surface area contributed by atoms with Crippen molar-refractivity contribution in [2.24, 2.45) is 0 Å². The number of para-hydroxylation sites is 1. The summed E-state index contributed by atoms with van der Waals surface area (Å²) >= 11 is 12.2. The number of H-pyrrole nitrogens is 1. The van der Waals surface area contributed by atoms with E-state index < -0.39 is 0 Å². The number of aromatic amines is 1. The Morgan fingerprint density at radius 3 is 2.74 bits per heavy atom. The number of aromatic nitrogens is 6. The van der Waals surface area contributed by atoms with Crippen LogP contribution in [0.3, 0.4) is 0 Å². The maximum Gasteiger partial charge on any atom is 0.225 e. The van der Waals surface area contributed by atoms with Gasteiger partial charge in [-0.05, 0) is 29.0 Å². The minimum atomic E-state index is 0.460. The lowest BCUT2D eigenvalue weighted by Gasteiger charge is -2.06. The quantitative estimate of drug-likeness (QED) is 0.616. The molecule has 0 saturated heterocycles. The third kappa shape index (κ3) is 2.56. The van der Waals surface area contributed by atoms with E-state index in [9.17, 15) is 0 Å². The van der Waals surface area contributed by atoms with Gasteiger partial charge < -0.3 is 0 Å². The van der Waals surface area contributed by atoms with Gasteiger partial charge >= 0.3 is 0 Å². The predicted octanol–water partition coefficient (Wildman–Crippen LogP) is 3.57. The van der Waals surface area contributed by atoms with Crippen LogP contribution >= 0.6 is 23.2 Å². The molecule has 0 atom stereocenters. The van der Waals surface area contributed by atoms with E-state index in [4.69, 9.17) is 23.2 Å². The molecule has 0 fully saturated rings. The van der Waals surface area contributed by atoms with Gasteiger partial charge in [-0.15, -0.1) is 10.2 Å². The number of fused-ring (bicyclic) bond motifs is 1. The summed E-state index contributed by atoms with van der Waals surface area (Å²) in [5.74, 6) is 0.460. The van der Waals surface area contributed by atoms with Crippen molar-refractivity contribution in [3.63, 3.8) is 0 Å². The van der Waals surface area contributed by atoms with Crippen LogP contribution in [0.2, 0.25) is 10.0 Å². The van der Waals surface area contributed by atoms with Gasteiger partial charge in [0.15, 0.2) is 0 Å². The maximum atomic E-state index is 6.27. The van der Waals surface area contributed by atoms with Crippen LogP contribution in [-0.4, -0.2) is 30.4 Å². The Morgan fingerprint density at radius 1 is 1.09 bits per heavy atom. The molecule has 0 bridgehead atoms. The molecule has 2 heterocycles. The number of nitrogens with zero attached hydrogens (tertiary/aromatic N) is 5. The van der Waals surface area contributed by atoms with Crippen LogP contribution in [-0.2, 0) is 6.54 Å². The molecule has 0 saturated carbocycles. The van der Waals surface area contributed by atoms with Crippen LogP contribution in [0.25, 0.3) is 22.4 Å². The third-order valence-electron chi connectivity index (χ3n) is 3.55. The zero-order valence-corrected chi connectivity index (χ0v) is 13.3. The Hall–Kier alpha value is -2.44. The average Bonchev–Trinajstić information content (AvgIpc) is 3.18. The number of rotatable bonds is 3. The molecule has 0 aliphatic rings. The lowest BCUT2D eigenvalue weighted by Crippen LogP contribution is -2.02. The third-order valence-corrected chi connectivity index (χ3v) is 4.14. The van der Waals surface area contributed by atoms with Gasteiger partial charge in [0, 0.05) is 15.4 Å². The molecular formula is C15H10Cl2N6. The van der Waals surface area contributed by atoms with Crippen LogP contribution in [0.5, 0.6) is 0 Å². The number of halogens is 2. The van der Waals surface area contributed by atoms with Crippen molar-refractivity contribution in [2.45, 2.75) is 6.54 Å². The SMILES string of the molecule is Clc1ccc(Cn2nc(-c3nn[nH]n3)c3ccccc32)c(Cl)c1. The minimum absolute atomic E-state index is 0.460. The van der Waals surface area contributed by atoms with E-state index in [-0.39, 0.29) is 0 Å². The standard InChI is InChI=1S/C15H10Cl2N6/c16-10-6-5-9(12(17)7-10)8-23-13-4-2-1-3-11(13)14(20-23)15-18-21-22-19-15/h1-7H,8H2,(H,18,19,21,22). The van der Waals surface area contributed by atoms with Gasteiger partial charge in [-0.1, -0.05) is 47.5 Å². The van der Waals surface area contributed by atoms with Crippen LogP contribution in [0.4, 0.5) is 0 Å². The number of tetrazole rings is 1. The van der Waals surface area contributed by atoms with E-state index in [1.165, 1.54) is 0 Å². The summed E-state index contributed by atoms with van der Waals surface area (Å²) in [6.45, 7) is 0.522. The van der Waals surface area contributed by atoms with Gasteiger partial charge in [0.25, 0.3) is 0 Å². The molecule has 2 aromatic carbocycles. The molecule has 114 valence electrons. The molecule has 23 heavy (non-hydrogen) atoms. The highest BCUT2D eigenvalue weighted by Gasteiger charge is 2.16. The topological polar surface area (TPSA) is 72.3 Å². The summed E-state index contributed by atoms with van der Waals surface area (Å²) in [4.78, 5) is 0. The molecule has 4 aromatic rings. The molecule has 0 unspecified atom stereocenters. The zero-order valence-electron chi connectivity index (χ0n) is 11.7. The van der Waals surface area contributed by atoms with Gasteiger partial charge in [-0.3, -0.25) is 4.68 Å². The highest BCUT2D eigenvalue weighted by atomic mass is 35.5. The molecule has 0 spiro atoms. The summed E-state index contributed by atoms with van der Waals surface area (Å²) in [5, 5.41) is 20.9. The van der Waals surface area contributed by atoms with Gasteiger partial charge in [0.2, 0.25) is 5.82 Å². The lowest BCUT2D eigenvalue weighted by atomic mass is 10.2. The molecule has 2 aromatic heterocycles. The van der Waals surface area contributed by atoms with Crippen LogP contribution < -0.4 is 0 Å². The fourth-order valence-electron chi connectivity index (χ4n) is 2.49. The van der Waals surface area contributed by atoms with Crippen molar-refractivity contribution < 1.29 is 0 Å². The summed E-state index contributed by atoms with van der Waals surface area (Å²) < 4.78 is 1.87. The van der Waals surface area contributed by atoms with Gasteiger partial charge in [0.05, 0.1) is 12.1 Å². The van der Waals surface area contributed by atoms with Crippen LogP contribution in [0.15, 0.2) is 42.5 Å². The summed E-state index contributed by atoms with van der Waals surface area (Å²) in [5.41, 5.74) is 2.58. The number of hydrogen-bond acceptors (Lipinski definition) is 4. The van der Waals surface area contributed by atoms with Crippen LogP contribution in [0, 0.1) is 0 Å². The largest absolute Gasteiger partial charge is 0.260 e. The molecular weight excluding hydrogens is 335 g/mol. The number of nitrogens with one attached hydrogen (secondary N) is 1. The molecule has 0 aliphatic carbocycles. The van der Waals surface area contributed by atoms with Crippen LogP contribution in [0.1, 0.15) is 5.56 Å². The Balaban J connectivity index is 1.84. The number of benzene rings is 2. The smallest absolute Gasteiger partial charge is 0.225 e. The van der Waals surface area contributed by atoms with Crippen molar-refractivity contribution in [3.8, 4) is 11.5 Å². The van der Waals surface area contributed by atoms with Gasteiger partial charge in [-0.2, -0.15) is 10.3 Å². The monoisotopic (exact) mass is 344 g/mol. The Bertz CT molecular complexity index is 977. The first kappa shape index (κ1) is 14.2. The molecule has 1 N–H and O–H groups in total. The maximum absolute atomic E-state index is 6.27. The normalized spacial score (nSPS) is 11.2. The summed E-state index contributed by atoms with van der Waals surface area (Å²) in [6.07, 6.45) is 0. The van der Waals surface area contributed by atoms with E-state index in [1.54, 1.807) is 6.07 Å². The molecule has 6 nitrogen and oxygen atoms in total. The highest BCUT2D eigenvalue weighted by Crippen LogP contribution is 2.27. The van der Waals surface area contributed by atoms with Crippen molar-refractivity contribution in [1.82, 2.24) is 30.4 Å². The molecule has 4 rings (SSSR count). The molecule has 0 aliphatic heterocycles. The first-order valence-electron chi connectivity index (χ1n) is 6.85. The fourth-order valence-corrected chi connectivity index (χ4v) is 2.95. The molecule has 0 amide bonds. The second-order valence-electron chi connectivity index (χ2n) is 4.99. The van der Waals surface area contributed by atoms with E-state index >= 15 is 0 Å². The highest BCUT2D eigenvalue weighted by molar-refractivity contribution is 6.35. The zero-order chi connectivity index (χ0) is 15.8. The van der Waals surface area contributed by atoms with E-state index in [0.717, 1.165) is 16.5 Å². The Kier molecular flexibility index (Phi) is 3.48. The Labute approximate surface area is 141 Å². The second kappa shape index (κ2) is 5.64. The molecule has 8 heteroatoms. The summed E-state index contributed by atoms with van der Waals surface area (Å²) in [7, 11) is 0. The van der Waals surface area contributed by atoms with Gasteiger partial charge in [-0.25, -0.2) is 0 Å². The van der Waals surface area contributed by atoms with Crippen molar-refractivity contribution in [3.05, 3.63) is 58.1 Å². The minimum Gasteiger partial charge on any atom is -0.260 e. The second-order valence-corrected chi connectivity index (χ2v) is 5.84. The predicted molar refractivity (Wildman–Crippen MR) is 88.5 cm³/mol. The van der Waals surface area contributed by atoms with Crippen molar-refractivity contribution >= 4 is 34.1 Å². The van der Waals surface area contributed by atoms with Gasteiger partial charge in [0.1, 0.15) is 5.69 Å². The number of hydrogen-bond donors (Lipinski definition) is 1. The summed E-state index contributed by atoms with van der Waals surface area (Å²) in [6, 6.07) is 13.3. The average molecular weight is 345 g/mol. The molecule has 0 radical (unpaired) electrons. The van der Waals surface area contributed by atoms with E-state index in [1.807, 2.05) is 41.1 Å². The lowest BCUT2D eigenvalue weighted by molar-refractivity contribution is 0.713. The Morgan fingerprint density at radius 2 is 1.96 bits per heavy atom. The van der Waals surface area contributed by atoms with Crippen molar-refractivity contribution in [2.75, 3.05) is 0 Å². The van der Waals surface area contributed by atoms with E-state index in [0.29, 0.717) is 28.1 Å². The first-order chi connectivity index (χ1) is 11.2. The fraction of sp³-hybridized carbons (Fsp3) is 0.0667. The first-order valence-corrected chi connectivity index (χ1v) is 7.61. The van der Waals surface area contributed by atoms with E-state index in [2.05, 4.69) is 25.7 Å².